The number of halogens is 2. The number of carbonyl (C=O) groups is 1. The highest BCUT2D eigenvalue weighted by molar-refractivity contribution is 7.16. The van der Waals surface area contributed by atoms with Crippen LogP contribution < -0.4 is 10.1 Å². The van der Waals surface area contributed by atoms with Crippen LogP contribution in [0.3, 0.4) is 0 Å². The maximum Gasteiger partial charge on any atom is 0.343 e. The molecule has 9 heteroatoms. The van der Waals surface area contributed by atoms with E-state index in [1.807, 2.05) is 6.07 Å². The second-order valence-corrected chi connectivity index (χ2v) is 8.58. The number of carboxylic acids is 1. The average molecular weight is 452 g/mol. The van der Waals surface area contributed by atoms with Crippen molar-refractivity contribution in [3.05, 3.63) is 50.9 Å². The number of methoxy groups -OCH3 is 1. The highest BCUT2D eigenvalue weighted by Crippen LogP contribution is 2.37. The van der Waals surface area contributed by atoms with Gasteiger partial charge in [-0.15, -0.1) is 11.3 Å². The summed E-state index contributed by atoms with van der Waals surface area (Å²) < 4.78 is 5.16. The second-order valence-electron chi connectivity index (χ2n) is 6.68. The van der Waals surface area contributed by atoms with Crippen molar-refractivity contribution < 1.29 is 14.6 Å². The Morgan fingerprint density at radius 3 is 2.66 bits per heavy atom. The second kappa shape index (κ2) is 8.98. The maximum atomic E-state index is 11.7. The quantitative estimate of drug-likeness (QED) is 0.447. The molecule has 0 spiro atoms. The molecule has 2 N–H and O–H groups in total. The zero-order chi connectivity index (χ0) is 21.1. The average Bonchev–Trinajstić information content (AvgIpc) is 3.04. The van der Waals surface area contributed by atoms with Crippen LogP contribution in [0.1, 0.15) is 29.1 Å². The van der Waals surface area contributed by atoms with Crippen LogP contribution in [0.25, 0.3) is 11.3 Å². The number of anilines is 2. The lowest BCUT2D eigenvalue weighted by Gasteiger charge is -2.09. The van der Waals surface area contributed by atoms with E-state index in [1.54, 1.807) is 12.1 Å². The molecule has 0 fully saturated rings. The van der Waals surface area contributed by atoms with E-state index in [4.69, 9.17) is 27.9 Å². The van der Waals surface area contributed by atoms with Gasteiger partial charge in [0, 0.05) is 16.6 Å². The maximum absolute atomic E-state index is 11.7. The number of thiazole rings is 1. The van der Waals surface area contributed by atoms with E-state index < -0.39 is 5.97 Å². The number of pyridine rings is 1. The molecule has 0 saturated heterocycles. The highest BCUT2D eigenvalue weighted by atomic mass is 35.5. The molecule has 0 aliphatic carbocycles. The zero-order valence-corrected chi connectivity index (χ0v) is 18.3. The lowest BCUT2D eigenvalue weighted by atomic mass is 10.0. The smallest absolute Gasteiger partial charge is 0.343 e. The molecule has 2 heterocycles. The van der Waals surface area contributed by atoms with Gasteiger partial charge in [-0.2, -0.15) is 0 Å². The number of nitrogens with zero attached hydrogens (tertiary/aromatic N) is 2. The third-order valence-corrected chi connectivity index (χ3v) is 5.79. The number of aromatic carboxylic acids is 1. The van der Waals surface area contributed by atoms with Crippen molar-refractivity contribution >= 4 is 51.5 Å². The number of benzene rings is 1. The van der Waals surface area contributed by atoms with E-state index in [0.717, 1.165) is 22.6 Å². The molecule has 6 nitrogen and oxygen atoms in total. The number of carboxylic acid groups (broad SMARTS) is 1. The summed E-state index contributed by atoms with van der Waals surface area (Å²) >= 11 is 13.7. The third-order valence-electron chi connectivity index (χ3n) is 4.06. The molecule has 0 radical (unpaired) electrons. The van der Waals surface area contributed by atoms with E-state index >= 15 is 0 Å². The summed E-state index contributed by atoms with van der Waals surface area (Å²) in [6, 6.07) is 6.88. The molecular formula is C20H19Cl2N3O3S. The van der Waals surface area contributed by atoms with Crippen LogP contribution in [0.2, 0.25) is 10.0 Å². The Labute approximate surface area is 182 Å². The van der Waals surface area contributed by atoms with Crippen molar-refractivity contribution in [2.24, 2.45) is 5.92 Å². The Bertz CT molecular complexity index is 1050. The van der Waals surface area contributed by atoms with Gasteiger partial charge in [-0.05, 0) is 30.5 Å². The molecule has 0 aliphatic heterocycles. The fourth-order valence-electron chi connectivity index (χ4n) is 2.80. The summed E-state index contributed by atoms with van der Waals surface area (Å²) in [6.45, 7) is 4.25. The summed E-state index contributed by atoms with van der Waals surface area (Å²) in [5.41, 5.74) is 1.58. The van der Waals surface area contributed by atoms with Crippen LogP contribution in [0.4, 0.5) is 10.9 Å². The van der Waals surface area contributed by atoms with Crippen LogP contribution in [0, 0.1) is 5.92 Å². The van der Waals surface area contributed by atoms with Crippen molar-refractivity contribution in [3.63, 3.8) is 0 Å². The van der Waals surface area contributed by atoms with Crippen LogP contribution in [0.15, 0.2) is 30.5 Å². The van der Waals surface area contributed by atoms with Gasteiger partial charge in [-0.3, -0.25) is 0 Å². The fraction of sp³-hybridized carbons (Fsp3) is 0.250. The van der Waals surface area contributed by atoms with Crippen LogP contribution >= 0.6 is 34.5 Å². The number of rotatable bonds is 7. The molecule has 0 atom stereocenters. The van der Waals surface area contributed by atoms with Gasteiger partial charge in [-0.1, -0.05) is 43.1 Å². The Morgan fingerprint density at radius 2 is 2.03 bits per heavy atom. The lowest BCUT2D eigenvalue weighted by Crippen LogP contribution is -2.07. The molecule has 0 amide bonds. The molecule has 0 bridgehead atoms. The minimum atomic E-state index is -1.14. The molecule has 3 aromatic rings. The summed E-state index contributed by atoms with van der Waals surface area (Å²) in [6.07, 6.45) is 2.29. The van der Waals surface area contributed by atoms with Gasteiger partial charge >= 0.3 is 5.97 Å². The molecule has 3 rings (SSSR count). The van der Waals surface area contributed by atoms with E-state index in [-0.39, 0.29) is 17.1 Å². The lowest BCUT2D eigenvalue weighted by molar-refractivity contribution is 0.0694. The minimum Gasteiger partial charge on any atom is -0.496 e. The van der Waals surface area contributed by atoms with Crippen molar-refractivity contribution in [1.29, 1.82) is 0 Å². The molecule has 2 aromatic heterocycles. The van der Waals surface area contributed by atoms with E-state index in [1.165, 1.54) is 30.7 Å². The predicted molar refractivity (Wildman–Crippen MR) is 117 cm³/mol. The number of ether oxygens (including phenoxy) is 1. The normalized spacial score (nSPS) is 11.0. The Morgan fingerprint density at radius 1 is 1.28 bits per heavy atom. The van der Waals surface area contributed by atoms with Gasteiger partial charge in [0.15, 0.2) is 10.9 Å². The van der Waals surface area contributed by atoms with Gasteiger partial charge in [0.2, 0.25) is 0 Å². The number of nitrogens with one attached hydrogen (secondary N) is 1. The molecule has 1 aromatic carbocycles. The van der Waals surface area contributed by atoms with Gasteiger partial charge in [0.1, 0.15) is 11.3 Å². The molecule has 29 heavy (non-hydrogen) atoms. The summed E-state index contributed by atoms with van der Waals surface area (Å²) in [5, 5.41) is 14.1. The Kier molecular flexibility index (Phi) is 6.62. The Hall–Kier alpha value is -2.35. The van der Waals surface area contributed by atoms with Crippen molar-refractivity contribution in [1.82, 2.24) is 9.97 Å². The van der Waals surface area contributed by atoms with Crippen LogP contribution in [-0.4, -0.2) is 28.2 Å². The first-order valence-electron chi connectivity index (χ1n) is 8.78. The van der Waals surface area contributed by atoms with Crippen molar-refractivity contribution in [3.8, 4) is 17.0 Å². The third kappa shape index (κ3) is 4.80. The first-order valence-corrected chi connectivity index (χ1v) is 10.4. The summed E-state index contributed by atoms with van der Waals surface area (Å²) in [7, 11) is 1.41. The van der Waals surface area contributed by atoms with E-state index in [2.05, 4.69) is 29.1 Å². The van der Waals surface area contributed by atoms with Gasteiger partial charge < -0.3 is 15.2 Å². The topological polar surface area (TPSA) is 84.3 Å². The number of hydrogen-bond acceptors (Lipinski definition) is 6. The summed E-state index contributed by atoms with van der Waals surface area (Å²) in [5.74, 6) is -0.337. The first-order chi connectivity index (χ1) is 13.8. The molecular weight excluding hydrogens is 433 g/mol. The number of hydrogen-bond donors (Lipinski definition) is 2. The van der Waals surface area contributed by atoms with Gasteiger partial charge in [0.05, 0.1) is 22.8 Å². The minimum absolute atomic E-state index is 0.0494. The number of aromatic nitrogens is 2. The SMILES string of the molecule is COc1ccnc(Nc2nc(-c3ccc(Cl)c(Cl)c3)c(CC(C)C)s2)c1C(=O)O. The monoisotopic (exact) mass is 451 g/mol. The van der Waals surface area contributed by atoms with Crippen LogP contribution in [0.5, 0.6) is 5.75 Å². The van der Waals surface area contributed by atoms with Crippen LogP contribution in [-0.2, 0) is 6.42 Å². The zero-order valence-electron chi connectivity index (χ0n) is 16.0. The fourth-order valence-corrected chi connectivity index (χ4v) is 4.29. The van der Waals surface area contributed by atoms with Crippen molar-refractivity contribution in [2.75, 3.05) is 12.4 Å². The molecule has 0 saturated carbocycles. The van der Waals surface area contributed by atoms with Gasteiger partial charge in [-0.25, -0.2) is 14.8 Å². The largest absolute Gasteiger partial charge is 0.496 e. The van der Waals surface area contributed by atoms with Crippen molar-refractivity contribution in [2.45, 2.75) is 20.3 Å². The molecule has 0 aliphatic rings. The summed E-state index contributed by atoms with van der Waals surface area (Å²) in [4.78, 5) is 21.6. The van der Waals surface area contributed by atoms with E-state index in [9.17, 15) is 9.90 Å². The highest BCUT2D eigenvalue weighted by Gasteiger charge is 2.21. The standard InChI is InChI=1S/C20H19Cl2N3O3S/c1-10(2)8-15-17(11-4-5-12(21)13(22)9-11)24-20(29-15)25-18-16(19(26)27)14(28-3)6-7-23-18/h4-7,9-10H,8H2,1-3H3,(H,26,27)(H,23,24,25). The van der Waals surface area contributed by atoms with E-state index in [0.29, 0.717) is 21.1 Å². The van der Waals surface area contributed by atoms with Gasteiger partial charge in [0.25, 0.3) is 0 Å². The molecule has 152 valence electrons. The first kappa shape index (κ1) is 21.4. The molecule has 0 unspecified atom stereocenters. The predicted octanol–water partition coefficient (Wildman–Crippen LogP) is 6.16. The Balaban J connectivity index is 2.05.